The zero-order valence-electron chi connectivity index (χ0n) is 13.1. The minimum absolute atomic E-state index is 0.0791. The normalized spacial score (nSPS) is 20.2. The molecule has 1 aliphatic heterocycles. The van der Waals surface area contributed by atoms with E-state index in [9.17, 15) is 8.42 Å². The van der Waals surface area contributed by atoms with Crippen LogP contribution in [0.3, 0.4) is 0 Å². The quantitative estimate of drug-likeness (QED) is 0.679. The molecular formula is C15H19N5O2S. The van der Waals surface area contributed by atoms with Gasteiger partial charge in [-0.15, -0.1) is 0 Å². The topological polar surface area (TPSA) is 89.2 Å². The number of hydrazone groups is 1. The van der Waals surface area contributed by atoms with Gasteiger partial charge in [-0.25, -0.2) is 13.4 Å². The van der Waals surface area contributed by atoms with Crippen molar-refractivity contribution in [3.05, 3.63) is 41.3 Å². The molecule has 8 heteroatoms. The van der Waals surface area contributed by atoms with Gasteiger partial charge in [0.15, 0.2) is 9.84 Å². The minimum atomic E-state index is -2.93. The molecule has 3 heterocycles. The van der Waals surface area contributed by atoms with Crippen LogP contribution in [-0.2, 0) is 9.84 Å². The Morgan fingerprint density at radius 1 is 1.39 bits per heavy atom. The molecule has 0 bridgehead atoms. The van der Waals surface area contributed by atoms with Crippen molar-refractivity contribution >= 4 is 21.9 Å². The predicted molar refractivity (Wildman–Crippen MR) is 89.5 cm³/mol. The number of hydrogen-bond donors (Lipinski definition) is 1. The van der Waals surface area contributed by atoms with Crippen LogP contribution in [0.4, 0.5) is 5.82 Å². The number of anilines is 1. The summed E-state index contributed by atoms with van der Waals surface area (Å²) in [6.45, 7) is 3.84. The van der Waals surface area contributed by atoms with E-state index in [0.29, 0.717) is 12.2 Å². The highest BCUT2D eigenvalue weighted by molar-refractivity contribution is 7.91. The molecule has 0 radical (unpaired) electrons. The summed E-state index contributed by atoms with van der Waals surface area (Å²) in [6.07, 6.45) is 4.01. The summed E-state index contributed by atoms with van der Waals surface area (Å²) >= 11 is 0. The Bertz CT molecular complexity index is 827. The van der Waals surface area contributed by atoms with E-state index in [-0.39, 0.29) is 17.5 Å². The van der Waals surface area contributed by atoms with E-state index in [1.165, 1.54) is 0 Å². The third kappa shape index (κ3) is 3.42. The van der Waals surface area contributed by atoms with Crippen molar-refractivity contribution in [2.75, 3.05) is 16.9 Å². The maximum absolute atomic E-state index is 11.7. The molecule has 0 spiro atoms. The van der Waals surface area contributed by atoms with Gasteiger partial charge in [-0.2, -0.15) is 10.2 Å². The molecule has 1 fully saturated rings. The monoisotopic (exact) mass is 333 g/mol. The van der Waals surface area contributed by atoms with Gasteiger partial charge in [-0.05, 0) is 32.4 Å². The van der Waals surface area contributed by atoms with Gasteiger partial charge in [0, 0.05) is 17.5 Å². The lowest BCUT2D eigenvalue weighted by Crippen LogP contribution is -2.14. The summed E-state index contributed by atoms with van der Waals surface area (Å²) in [5.41, 5.74) is 5.52. The van der Waals surface area contributed by atoms with Crippen LogP contribution in [0.5, 0.6) is 0 Å². The molecule has 1 atom stereocenters. The summed E-state index contributed by atoms with van der Waals surface area (Å²) in [4.78, 5) is 4.13. The maximum atomic E-state index is 11.7. The molecule has 0 aromatic carbocycles. The fourth-order valence-electron chi connectivity index (χ4n) is 2.78. The molecular weight excluding hydrogens is 314 g/mol. The number of aryl methyl sites for hydroxylation is 1. The average molecular weight is 333 g/mol. The van der Waals surface area contributed by atoms with E-state index in [1.54, 1.807) is 12.4 Å². The molecule has 2 aromatic rings. The molecule has 0 saturated carbocycles. The van der Waals surface area contributed by atoms with Crippen LogP contribution < -0.4 is 5.43 Å². The van der Waals surface area contributed by atoms with Crippen LogP contribution in [0.25, 0.3) is 0 Å². The Hall–Kier alpha value is -2.22. The SMILES string of the molecule is Cc1nn([C@@H]2CCS(=O)(=O)C2)c(C)c1/C=N\Nc1ccccn1. The van der Waals surface area contributed by atoms with Gasteiger partial charge in [0.05, 0.1) is 29.5 Å². The van der Waals surface area contributed by atoms with Gasteiger partial charge < -0.3 is 0 Å². The number of aromatic nitrogens is 3. The van der Waals surface area contributed by atoms with Crippen LogP contribution in [0.15, 0.2) is 29.5 Å². The maximum Gasteiger partial charge on any atom is 0.152 e. The first-order valence-corrected chi connectivity index (χ1v) is 9.24. The highest BCUT2D eigenvalue weighted by Gasteiger charge is 2.31. The summed E-state index contributed by atoms with van der Waals surface area (Å²) in [5.74, 6) is 1.06. The lowest BCUT2D eigenvalue weighted by Gasteiger charge is -2.10. The molecule has 0 aliphatic carbocycles. The molecule has 23 heavy (non-hydrogen) atoms. The average Bonchev–Trinajstić information content (AvgIpc) is 3.01. The second-order valence-electron chi connectivity index (χ2n) is 5.67. The van der Waals surface area contributed by atoms with Crippen molar-refractivity contribution in [3.8, 4) is 0 Å². The van der Waals surface area contributed by atoms with Crippen molar-refractivity contribution in [1.82, 2.24) is 14.8 Å². The Labute approximate surface area is 135 Å². The Morgan fingerprint density at radius 3 is 2.87 bits per heavy atom. The minimum Gasteiger partial charge on any atom is -0.265 e. The number of sulfone groups is 1. The third-order valence-electron chi connectivity index (χ3n) is 3.97. The number of pyridine rings is 1. The number of hydrogen-bond acceptors (Lipinski definition) is 6. The van der Waals surface area contributed by atoms with E-state index >= 15 is 0 Å². The second kappa shape index (κ2) is 6.11. The molecule has 2 aromatic heterocycles. The van der Waals surface area contributed by atoms with Crippen LogP contribution in [0.2, 0.25) is 0 Å². The van der Waals surface area contributed by atoms with Crippen LogP contribution in [0.1, 0.15) is 29.4 Å². The Balaban J connectivity index is 1.78. The van der Waals surface area contributed by atoms with Crippen molar-refractivity contribution in [2.24, 2.45) is 5.10 Å². The summed E-state index contributed by atoms with van der Waals surface area (Å²) in [6, 6.07) is 5.46. The lowest BCUT2D eigenvalue weighted by atomic mass is 10.2. The first-order valence-electron chi connectivity index (χ1n) is 7.42. The first-order chi connectivity index (χ1) is 11.0. The molecule has 0 unspecified atom stereocenters. The van der Waals surface area contributed by atoms with E-state index in [0.717, 1.165) is 17.0 Å². The van der Waals surface area contributed by atoms with Gasteiger partial charge in [0.25, 0.3) is 0 Å². The zero-order valence-corrected chi connectivity index (χ0v) is 13.9. The summed E-state index contributed by atoms with van der Waals surface area (Å²) in [7, 11) is -2.93. The van der Waals surface area contributed by atoms with Crippen LogP contribution in [0, 0.1) is 13.8 Å². The molecule has 122 valence electrons. The highest BCUT2D eigenvalue weighted by atomic mass is 32.2. The van der Waals surface area contributed by atoms with E-state index in [1.807, 2.05) is 36.7 Å². The van der Waals surface area contributed by atoms with Gasteiger partial charge >= 0.3 is 0 Å². The smallest absolute Gasteiger partial charge is 0.152 e. The number of rotatable bonds is 4. The van der Waals surface area contributed by atoms with E-state index < -0.39 is 9.84 Å². The molecule has 1 aliphatic rings. The largest absolute Gasteiger partial charge is 0.265 e. The zero-order chi connectivity index (χ0) is 16.4. The Morgan fingerprint density at radius 2 is 2.22 bits per heavy atom. The van der Waals surface area contributed by atoms with Gasteiger partial charge in [-0.3, -0.25) is 10.1 Å². The number of nitrogens with one attached hydrogen (secondary N) is 1. The Kier molecular flexibility index (Phi) is 4.16. The number of nitrogens with zero attached hydrogens (tertiary/aromatic N) is 4. The summed E-state index contributed by atoms with van der Waals surface area (Å²) < 4.78 is 25.1. The van der Waals surface area contributed by atoms with Crippen molar-refractivity contribution < 1.29 is 8.42 Å². The van der Waals surface area contributed by atoms with Crippen molar-refractivity contribution in [2.45, 2.75) is 26.3 Å². The van der Waals surface area contributed by atoms with Crippen LogP contribution >= 0.6 is 0 Å². The third-order valence-corrected chi connectivity index (χ3v) is 5.72. The van der Waals surface area contributed by atoms with Gasteiger partial charge in [-0.1, -0.05) is 6.07 Å². The molecule has 0 amide bonds. The second-order valence-corrected chi connectivity index (χ2v) is 7.90. The molecule has 7 nitrogen and oxygen atoms in total. The molecule has 1 N–H and O–H groups in total. The molecule has 1 saturated heterocycles. The van der Waals surface area contributed by atoms with E-state index in [2.05, 4.69) is 20.6 Å². The lowest BCUT2D eigenvalue weighted by molar-refractivity contribution is 0.486. The first kappa shape index (κ1) is 15.7. The fourth-order valence-corrected chi connectivity index (χ4v) is 4.47. The van der Waals surface area contributed by atoms with E-state index in [4.69, 9.17) is 0 Å². The molecule has 3 rings (SSSR count). The summed E-state index contributed by atoms with van der Waals surface area (Å²) in [5, 5.41) is 8.69. The van der Waals surface area contributed by atoms with Gasteiger partial charge in [0.1, 0.15) is 5.82 Å². The van der Waals surface area contributed by atoms with Crippen molar-refractivity contribution in [1.29, 1.82) is 0 Å². The predicted octanol–water partition coefficient (Wildman–Crippen LogP) is 1.70. The highest BCUT2D eigenvalue weighted by Crippen LogP contribution is 2.26. The van der Waals surface area contributed by atoms with Crippen LogP contribution in [-0.4, -0.2) is 40.9 Å². The standard InChI is InChI=1S/C15H19N5O2S/c1-11-14(9-17-18-15-5-3-4-7-16-15)12(2)20(19-11)13-6-8-23(21,22)10-13/h3-5,7,9,13H,6,8,10H2,1-2H3,(H,16,18)/b17-9-/t13-/m1/s1. The van der Waals surface area contributed by atoms with Crippen molar-refractivity contribution in [3.63, 3.8) is 0 Å². The fraction of sp³-hybridized carbons (Fsp3) is 0.400. The van der Waals surface area contributed by atoms with Gasteiger partial charge in [0.2, 0.25) is 0 Å².